The van der Waals surface area contributed by atoms with Gasteiger partial charge in [0.25, 0.3) is 5.91 Å². The lowest BCUT2D eigenvalue weighted by Gasteiger charge is -2.10. The monoisotopic (exact) mass is 275 g/mol. The van der Waals surface area contributed by atoms with E-state index in [1.807, 2.05) is 0 Å². The summed E-state index contributed by atoms with van der Waals surface area (Å²) in [7, 11) is 1.43. The number of methoxy groups -OCH3 is 1. The third-order valence-corrected chi connectivity index (χ3v) is 2.79. The zero-order valence-corrected chi connectivity index (χ0v) is 10.9. The summed E-state index contributed by atoms with van der Waals surface area (Å²) >= 11 is 0. The van der Waals surface area contributed by atoms with Crippen LogP contribution in [0.5, 0.6) is 11.5 Å². The fraction of sp³-hybridized carbons (Fsp3) is 0.133. The minimum Gasteiger partial charge on any atom is -0.496 e. The number of hydrogen-bond donors (Lipinski definition) is 1. The van der Waals surface area contributed by atoms with Crippen molar-refractivity contribution >= 4 is 5.91 Å². The van der Waals surface area contributed by atoms with Crippen LogP contribution in [0.25, 0.3) is 0 Å². The summed E-state index contributed by atoms with van der Waals surface area (Å²) in [4.78, 5) is 11.2. The average Bonchev–Trinajstić information content (AvgIpc) is 2.46. The molecule has 104 valence electrons. The third kappa shape index (κ3) is 3.06. The molecule has 2 aromatic carbocycles. The van der Waals surface area contributed by atoms with Crippen LogP contribution in [0.2, 0.25) is 0 Å². The largest absolute Gasteiger partial charge is 0.496 e. The zero-order chi connectivity index (χ0) is 14.5. The molecular weight excluding hydrogens is 261 g/mol. The first-order valence-corrected chi connectivity index (χ1v) is 5.96. The Morgan fingerprint density at radius 2 is 2.00 bits per heavy atom. The minimum absolute atomic E-state index is 0.0890. The molecule has 0 heterocycles. The molecule has 5 heteroatoms. The molecule has 2 rings (SSSR count). The Labute approximate surface area is 115 Å². The van der Waals surface area contributed by atoms with Crippen LogP contribution in [0.4, 0.5) is 4.39 Å². The Bertz CT molecular complexity index is 628. The van der Waals surface area contributed by atoms with Gasteiger partial charge in [-0.25, -0.2) is 4.39 Å². The Kier molecular flexibility index (Phi) is 4.20. The third-order valence-electron chi connectivity index (χ3n) is 2.79. The number of halogens is 1. The summed E-state index contributed by atoms with van der Waals surface area (Å²) in [5, 5.41) is 0. The number of ether oxygens (including phenoxy) is 2. The lowest BCUT2D eigenvalue weighted by molar-refractivity contribution is 0.0997. The Balaban J connectivity index is 2.15. The fourth-order valence-corrected chi connectivity index (χ4v) is 1.74. The molecule has 0 bridgehead atoms. The first-order chi connectivity index (χ1) is 9.61. The van der Waals surface area contributed by atoms with E-state index in [1.54, 1.807) is 30.3 Å². The standard InChI is InChI=1S/C15H14FNO3/c1-19-14-8-11(6-7-12(14)15(17)18)20-9-10-4-2-3-5-13(10)16/h2-8H,9H2,1H3,(H2,17,18). The maximum atomic E-state index is 13.4. The summed E-state index contributed by atoms with van der Waals surface area (Å²) in [5.41, 5.74) is 5.93. The minimum atomic E-state index is -0.581. The highest BCUT2D eigenvalue weighted by Crippen LogP contribution is 2.25. The second-order valence-corrected chi connectivity index (χ2v) is 4.11. The molecule has 0 aliphatic heterocycles. The van der Waals surface area contributed by atoms with Crippen molar-refractivity contribution in [2.24, 2.45) is 5.73 Å². The summed E-state index contributed by atoms with van der Waals surface area (Å²) < 4.78 is 24.0. The van der Waals surface area contributed by atoms with Crippen LogP contribution in [-0.4, -0.2) is 13.0 Å². The van der Waals surface area contributed by atoms with Crippen molar-refractivity contribution < 1.29 is 18.7 Å². The molecule has 0 aliphatic rings. The molecule has 0 radical (unpaired) electrons. The van der Waals surface area contributed by atoms with Gasteiger partial charge in [-0.3, -0.25) is 4.79 Å². The second-order valence-electron chi connectivity index (χ2n) is 4.11. The molecule has 1 amide bonds. The number of benzene rings is 2. The molecule has 2 aromatic rings. The number of primary amides is 1. The predicted octanol–water partition coefficient (Wildman–Crippen LogP) is 2.51. The van der Waals surface area contributed by atoms with Gasteiger partial charge in [0.15, 0.2) is 0 Å². The number of amides is 1. The molecule has 0 atom stereocenters. The van der Waals surface area contributed by atoms with Gasteiger partial charge in [0.05, 0.1) is 12.7 Å². The lowest BCUT2D eigenvalue weighted by atomic mass is 10.2. The summed E-state index contributed by atoms with van der Waals surface area (Å²) in [5.74, 6) is -0.116. The Morgan fingerprint density at radius 3 is 2.65 bits per heavy atom. The van der Waals surface area contributed by atoms with Gasteiger partial charge in [-0.2, -0.15) is 0 Å². The van der Waals surface area contributed by atoms with E-state index >= 15 is 0 Å². The molecule has 0 unspecified atom stereocenters. The number of hydrogen-bond acceptors (Lipinski definition) is 3. The fourth-order valence-electron chi connectivity index (χ4n) is 1.74. The smallest absolute Gasteiger partial charge is 0.252 e. The van der Waals surface area contributed by atoms with Crippen molar-refractivity contribution in [1.82, 2.24) is 0 Å². The normalized spacial score (nSPS) is 10.1. The van der Waals surface area contributed by atoms with Gasteiger partial charge in [-0.05, 0) is 18.2 Å². The van der Waals surface area contributed by atoms with Crippen LogP contribution in [-0.2, 0) is 6.61 Å². The molecule has 0 spiro atoms. The van der Waals surface area contributed by atoms with Crippen molar-refractivity contribution in [3.8, 4) is 11.5 Å². The lowest BCUT2D eigenvalue weighted by Crippen LogP contribution is -2.12. The quantitative estimate of drug-likeness (QED) is 0.912. The van der Waals surface area contributed by atoms with Crippen molar-refractivity contribution in [2.75, 3.05) is 7.11 Å². The van der Waals surface area contributed by atoms with Gasteiger partial charge in [0.1, 0.15) is 23.9 Å². The van der Waals surface area contributed by atoms with E-state index in [-0.39, 0.29) is 18.0 Å². The highest BCUT2D eigenvalue weighted by Gasteiger charge is 2.10. The first-order valence-electron chi connectivity index (χ1n) is 5.96. The Morgan fingerprint density at radius 1 is 1.25 bits per heavy atom. The summed E-state index contributed by atoms with van der Waals surface area (Å²) in [6, 6.07) is 11.0. The van der Waals surface area contributed by atoms with Gasteiger partial charge in [-0.1, -0.05) is 18.2 Å². The van der Waals surface area contributed by atoms with Crippen LogP contribution in [0.3, 0.4) is 0 Å². The maximum absolute atomic E-state index is 13.4. The van der Waals surface area contributed by atoms with E-state index in [9.17, 15) is 9.18 Å². The first kappa shape index (κ1) is 13.9. The van der Waals surface area contributed by atoms with E-state index in [1.165, 1.54) is 19.2 Å². The molecule has 0 aliphatic carbocycles. The van der Waals surface area contributed by atoms with Crippen molar-refractivity contribution in [3.63, 3.8) is 0 Å². The molecule has 0 saturated heterocycles. The number of rotatable bonds is 5. The highest BCUT2D eigenvalue weighted by atomic mass is 19.1. The van der Waals surface area contributed by atoms with Gasteiger partial charge in [0, 0.05) is 11.6 Å². The van der Waals surface area contributed by atoms with Crippen LogP contribution in [0, 0.1) is 5.82 Å². The summed E-state index contributed by atoms with van der Waals surface area (Å²) in [6.45, 7) is 0.0890. The number of carbonyl (C=O) groups is 1. The molecule has 0 fully saturated rings. The van der Waals surface area contributed by atoms with Crippen LogP contribution in [0.1, 0.15) is 15.9 Å². The topological polar surface area (TPSA) is 61.6 Å². The Hall–Kier alpha value is -2.56. The van der Waals surface area contributed by atoms with Gasteiger partial charge in [0.2, 0.25) is 0 Å². The van der Waals surface area contributed by atoms with Gasteiger partial charge in [-0.15, -0.1) is 0 Å². The van der Waals surface area contributed by atoms with Gasteiger partial charge >= 0.3 is 0 Å². The predicted molar refractivity (Wildman–Crippen MR) is 72.2 cm³/mol. The van der Waals surface area contributed by atoms with Crippen molar-refractivity contribution in [1.29, 1.82) is 0 Å². The SMILES string of the molecule is COc1cc(OCc2ccccc2F)ccc1C(N)=O. The van der Waals surface area contributed by atoms with E-state index in [2.05, 4.69) is 0 Å². The van der Waals surface area contributed by atoms with Gasteiger partial charge < -0.3 is 15.2 Å². The summed E-state index contributed by atoms with van der Waals surface area (Å²) in [6.07, 6.45) is 0. The number of nitrogens with two attached hydrogens (primary N) is 1. The maximum Gasteiger partial charge on any atom is 0.252 e. The molecule has 2 N–H and O–H groups in total. The van der Waals surface area contributed by atoms with E-state index in [0.29, 0.717) is 17.1 Å². The second kappa shape index (κ2) is 6.06. The van der Waals surface area contributed by atoms with Crippen LogP contribution >= 0.6 is 0 Å². The van der Waals surface area contributed by atoms with E-state index < -0.39 is 5.91 Å². The molecule has 0 aromatic heterocycles. The van der Waals surface area contributed by atoms with E-state index in [4.69, 9.17) is 15.2 Å². The highest BCUT2D eigenvalue weighted by molar-refractivity contribution is 5.95. The van der Waals surface area contributed by atoms with E-state index in [0.717, 1.165) is 0 Å². The molecular formula is C15H14FNO3. The van der Waals surface area contributed by atoms with Crippen molar-refractivity contribution in [3.05, 3.63) is 59.4 Å². The zero-order valence-electron chi connectivity index (χ0n) is 10.9. The molecule has 4 nitrogen and oxygen atoms in total. The van der Waals surface area contributed by atoms with Crippen LogP contribution in [0.15, 0.2) is 42.5 Å². The van der Waals surface area contributed by atoms with Crippen molar-refractivity contribution in [2.45, 2.75) is 6.61 Å². The molecule has 0 saturated carbocycles. The molecule has 20 heavy (non-hydrogen) atoms. The average molecular weight is 275 g/mol. The van der Waals surface area contributed by atoms with Crippen LogP contribution < -0.4 is 15.2 Å². The number of carbonyl (C=O) groups excluding carboxylic acids is 1.